The molecule has 0 aliphatic carbocycles. The second-order valence-corrected chi connectivity index (χ2v) is 7.07. The van der Waals surface area contributed by atoms with Crippen molar-refractivity contribution < 1.29 is 13.2 Å². The molecule has 1 heterocycles. The van der Waals surface area contributed by atoms with E-state index in [0.29, 0.717) is 18.2 Å². The Balaban J connectivity index is 0.000000195. The maximum absolute atomic E-state index is 11.1. The van der Waals surface area contributed by atoms with Crippen LogP contribution in [0.15, 0.2) is 64.5 Å². The zero-order chi connectivity index (χ0) is 19.2. The lowest BCUT2D eigenvalue weighted by atomic mass is 10.1. The van der Waals surface area contributed by atoms with E-state index in [9.17, 15) is 18.0 Å². The number of aromatic amines is 1. The molecule has 0 aliphatic rings. The number of nitrogens with two attached hydrogens (primary N) is 1. The van der Waals surface area contributed by atoms with Gasteiger partial charge in [0.05, 0.1) is 22.1 Å². The molecule has 0 fully saturated rings. The van der Waals surface area contributed by atoms with E-state index in [4.69, 9.17) is 5.14 Å². The minimum absolute atomic E-state index is 0.0650. The minimum Gasteiger partial charge on any atom is -0.313 e. The van der Waals surface area contributed by atoms with E-state index < -0.39 is 10.0 Å². The molecule has 0 aliphatic heterocycles. The Kier molecular flexibility index (Phi) is 6.37. The molecule has 0 radical (unpaired) electrons. The predicted octanol–water partition coefficient (Wildman–Crippen LogP) is 1.78. The predicted molar refractivity (Wildman–Crippen MR) is 99.2 cm³/mol. The van der Waals surface area contributed by atoms with E-state index in [1.807, 2.05) is 18.2 Å². The van der Waals surface area contributed by atoms with Gasteiger partial charge in [-0.3, -0.25) is 9.59 Å². The maximum Gasteiger partial charge on any atom is 0.258 e. The Morgan fingerprint density at radius 1 is 1.12 bits per heavy atom. The van der Waals surface area contributed by atoms with Crippen molar-refractivity contribution in [3.8, 4) is 0 Å². The fraction of sp³-hybridized carbons (Fsp3) is 0.167. The Hall–Kier alpha value is -2.84. The number of primary sulfonamides is 1. The van der Waals surface area contributed by atoms with Crippen LogP contribution in [0.1, 0.15) is 18.9 Å². The number of rotatable bonds is 4. The van der Waals surface area contributed by atoms with Crippen LogP contribution in [0, 0.1) is 0 Å². The zero-order valence-corrected chi connectivity index (χ0v) is 15.0. The lowest BCUT2D eigenvalue weighted by Crippen LogP contribution is -2.12. The van der Waals surface area contributed by atoms with E-state index in [-0.39, 0.29) is 16.2 Å². The monoisotopic (exact) mass is 373 g/mol. The number of nitrogens with zero attached hydrogens (tertiary/aromatic N) is 1. The van der Waals surface area contributed by atoms with Gasteiger partial charge in [-0.1, -0.05) is 31.2 Å². The Morgan fingerprint density at radius 3 is 2.35 bits per heavy atom. The maximum atomic E-state index is 11.1. The number of ketones is 1. The van der Waals surface area contributed by atoms with Gasteiger partial charge in [-0.25, -0.2) is 18.5 Å². The normalized spacial score (nSPS) is 10.8. The fourth-order valence-corrected chi connectivity index (χ4v) is 2.68. The minimum atomic E-state index is -3.64. The molecular weight excluding hydrogens is 354 g/mol. The molecule has 1 aromatic heterocycles. The summed E-state index contributed by atoms with van der Waals surface area (Å²) in [7, 11) is -3.64. The molecule has 0 spiro atoms. The van der Waals surface area contributed by atoms with Crippen LogP contribution in [0.25, 0.3) is 10.9 Å². The molecule has 3 rings (SSSR count). The summed E-state index contributed by atoms with van der Waals surface area (Å²) in [5, 5.41) is 5.57. The number of hydrogen-bond acceptors (Lipinski definition) is 5. The van der Waals surface area contributed by atoms with E-state index >= 15 is 0 Å². The van der Waals surface area contributed by atoms with Gasteiger partial charge in [0.15, 0.2) is 0 Å². The number of carbonyl (C=O) groups excluding carboxylic acids is 1. The molecule has 0 unspecified atom stereocenters. The zero-order valence-electron chi connectivity index (χ0n) is 14.2. The standard InChI is InChI=1S/C10H13NO3S.C8H6N2O/c1-2-9(12)7-8-3-5-10(6-4-8)15(11,13)14;11-8-6-3-1-2-4-7(6)9-5-10-8/h3-6H,2,7H2,1H3,(H2,11,13,14);1-5H,(H,9,10,11). The molecule has 0 atom stereocenters. The Labute approximate surface area is 150 Å². The van der Waals surface area contributed by atoms with Gasteiger partial charge >= 0.3 is 0 Å². The summed E-state index contributed by atoms with van der Waals surface area (Å²) < 4.78 is 21.9. The molecule has 3 N–H and O–H groups in total. The summed E-state index contributed by atoms with van der Waals surface area (Å²) in [5.74, 6) is 0.123. The third kappa shape index (κ3) is 5.33. The third-order valence-corrected chi connectivity index (χ3v) is 4.52. The highest BCUT2D eigenvalue weighted by Gasteiger charge is 2.07. The highest BCUT2D eigenvalue weighted by molar-refractivity contribution is 7.89. The number of para-hydroxylation sites is 1. The molecule has 0 amide bonds. The second kappa shape index (κ2) is 8.50. The van der Waals surface area contributed by atoms with Crippen LogP contribution in [0.4, 0.5) is 0 Å². The molecule has 26 heavy (non-hydrogen) atoms. The first-order valence-electron chi connectivity index (χ1n) is 7.87. The van der Waals surface area contributed by atoms with Gasteiger partial charge < -0.3 is 4.98 Å². The number of carbonyl (C=O) groups is 1. The first-order valence-corrected chi connectivity index (χ1v) is 9.41. The molecule has 7 nitrogen and oxygen atoms in total. The molecule has 8 heteroatoms. The summed E-state index contributed by atoms with van der Waals surface area (Å²) in [6.45, 7) is 1.79. The summed E-state index contributed by atoms with van der Waals surface area (Å²) in [4.78, 5) is 28.8. The van der Waals surface area contributed by atoms with Crippen molar-refractivity contribution in [2.45, 2.75) is 24.7 Å². The van der Waals surface area contributed by atoms with Crippen LogP contribution in [-0.4, -0.2) is 24.2 Å². The van der Waals surface area contributed by atoms with Gasteiger partial charge in [0, 0.05) is 12.8 Å². The van der Waals surface area contributed by atoms with Gasteiger partial charge in [0.1, 0.15) is 5.78 Å². The highest BCUT2D eigenvalue weighted by Crippen LogP contribution is 2.09. The van der Waals surface area contributed by atoms with Crippen molar-refractivity contribution in [3.63, 3.8) is 0 Å². The van der Waals surface area contributed by atoms with E-state index in [1.165, 1.54) is 18.5 Å². The lowest BCUT2D eigenvalue weighted by molar-refractivity contribution is -0.118. The number of Topliss-reactive ketones (excluding diaryl/α,β-unsaturated/α-hetero) is 1. The number of hydrogen-bond donors (Lipinski definition) is 2. The molecule has 0 bridgehead atoms. The number of aromatic nitrogens is 2. The van der Waals surface area contributed by atoms with E-state index in [2.05, 4.69) is 9.97 Å². The van der Waals surface area contributed by atoms with Crippen LogP contribution in [0.3, 0.4) is 0 Å². The second-order valence-electron chi connectivity index (χ2n) is 5.51. The Bertz CT molecular complexity index is 1050. The summed E-state index contributed by atoms with van der Waals surface area (Å²) in [6.07, 6.45) is 2.23. The lowest BCUT2D eigenvalue weighted by Gasteiger charge is -2.01. The molecular formula is C18H19N3O4S. The topological polar surface area (TPSA) is 123 Å². The van der Waals surface area contributed by atoms with Crippen molar-refractivity contribution in [3.05, 3.63) is 70.8 Å². The van der Waals surface area contributed by atoms with Crippen molar-refractivity contribution in [1.82, 2.24) is 9.97 Å². The van der Waals surface area contributed by atoms with E-state index in [0.717, 1.165) is 11.1 Å². The molecule has 136 valence electrons. The van der Waals surface area contributed by atoms with Crippen molar-refractivity contribution in [2.75, 3.05) is 0 Å². The van der Waals surface area contributed by atoms with Crippen LogP contribution >= 0.6 is 0 Å². The average Bonchev–Trinajstić information content (AvgIpc) is 2.62. The number of fused-ring (bicyclic) bond motifs is 1. The van der Waals surface area contributed by atoms with Crippen molar-refractivity contribution in [1.29, 1.82) is 0 Å². The first kappa shape index (κ1) is 19.5. The highest BCUT2D eigenvalue weighted by atomic mass is 32.2. The van der Waals surface area contributed by atoms with E-state index in [1.54, 1.807) is 25.1 Å². The third-order valence-electron chi connectivity index (χ3n) is 3.60. The van der Waals surface area contributed by atoms with Gasteiger partial charge in [-0.05, 0) is 29.8 Å². The van der Waals surface area contributed by atoms with Crippen LogP contribution in [0.2, 0.25) is 0 Å². The molecule has 2 aromatic carbocycles. The van der Waals surface area contributed by atoms with Crippen molar-refractivity contribution >= 4 is 26.7 Å². The summed E-state index contributed by atoms with van der Waals surface area (Å²) >= 11 is 0. The largest absolute Gasteiger partial charge is 0.313 e. The van der Waals surface area contributed by atoms with Gasteiger partial charge in [0.2, 0.25) is 10.0 Å². The number of nitrogens with one attached hydrogen (secondary N) is 1. The van der Waals surface area contributed by atoms with Crippen LogP contribution in [0.5, 0.6) is 0 Å². The quantitative estimate of drug-likeness (QED) is 0.721. The summed E-state index contributed by atoms with van der Waals surface area (Å²) in [6, 6.07) is 13.3. The molecule has 3 aromatic rings. The van der Waals surface area contributed by atoms with Gasteiger partial charge in [-0.2, -0.15) is 0 Å². The molecule has 0 saturated heterocycles. The number of H-pyrrole nitrogens is 1. The van der Waals surface area contributed by atoms with Crippen LogP contribution < -0.4 is 10.7 Å². The van der Waals surface area contributed by atoms with Gasteiger partial charge in [-0.15, -0.1) is 0 Å². The van der Waals surface area contributed by atoms with Crippen LogP contribution in [-0.2, 0) is 21.2 Å². The number of benzene rings is 2. The van der Waals surface area contributed by atoms with Gasteiger partial charge in [0.25, 0.3) is 5.56 Å². The SMILES string of the molecule is CCC(=O)Cc1ccc(S(N)(=O)=O)cc1.O=c1[nH]cnc2ccccc12. The first-order chi connectivity index (χ1) is 12.3. The fourth-order valence-electron chi connectivity index (χ4n) is 2.17. The smallest absolute Gasteiger partial charge is 0.258 e. The molecule has 0 saturated carbocycles. The average molecular weight is 373 g/mol. The van der Waals surface area contributed by atoms with Crippen molar-refractivity contribution in [2.24, 2.45) is 5.14 Å². The summed E-state index contributed by atoms with van der Waals surface area (Å²) in [5.41, 5.74) is 1.45. The Morgan fingerprint density at radius 2 is 1.77 bits per heavy atom. The number of sulfonamides is 1.